The van der Waals surface area contributed by atoms with Gasteiger partial charge in [-0.25, -0.2) is 0 Å². The summed E-state index contributed by atoms with van der Waals surface area (Å²) in [6.07, 6.45) is 5.91. The molecule has 100 valence electrons. The third kappa shape index (κ3) is 3.36. The maximum absolute atomic E-state index is 10.7. The number of nitrogens with one attached hydrogen (secondary N) is 1. The number of nitro benzene ring substituents is 1. The van der Waals surface area contributed by atoms with Gasteiger partial charge in [0.1, 0.15) is 0 Å². The quantitative estimate of drug-likeness (QED) is 0.509. The molecule has 2 rings (SSSR count). The molecule has 0 aromatic heterocycles. The Labute approximate surface area is 117 Å². The van der Waals surface area contributed by atoms with Crippen molar-refractivity contribution >= 4 is 11.4 Å². The molecule has 2 aromatic rings. The molecule has 0 aliphatic carbocycles. The molecule has 1 atom stereocenters. The van der Waals surface area contributed by atoms with E-state index < -0.39 is 4.92 Å². The van der Waals surface area contributed by atoms with Gasteiger partial charge in [-0.3, -0.25) is 10.1 Å². The number of benzene rings is 2. The van der Waals surface area contributed by atoms with Gasteiger partial charge in [0.05, 0.1) is 11.0 Å². The monoisotopic (exact) mass is 266 g/mol. The minimum absolute atomic E-state index is 0.0665. The van der Waals surface area contributed by atoms with E-state index in [2.05, 4.69) is 11.2 Å². The predicted molar refractivity (Wildman–Crippen MR) is 79.4 cm³/mol. The number of anilines is 1. The molecule has 2 aromatic carbocycles. The number of non-ortho nitro benzene ring substituents is 1. The molecule has 0 saturated carbocycles. The van der Waals surface area contributed by atoms with Gasteiger partial charge in [-0.1, -0.05) is 30.3 Å². The summed E-state index contributed by atoms with van der Waals surface area (Å²) < 4.78 is 0. The molecular weight excluding hydrogens is 252 g/mol. The van der Waals surface area contributed by atoms with Crippen molar-refractivity contribution in [3.8, 4) is 12.3 Å². The van der Waals surface area contributed by atoms with Crippen LogP contribution in [0.5, 0.6) is 0 Å². The Hall–Kier alpha value is -2.80. The van der Waals surface area contributed by atoms with Gasteiger partial charge in [0.25, 0.3) is 5.69 Å². The van der Waals surface area contributed by atoms with E-state index in [4.69, 9.17) is 6.42 Å². The molecule has 0 aliphatic heterocycles. The lowest BCUT2D eigenvalue weighted by Crippen LogP contribution is -2.10. The zero-order chi connectivity index (χ0) is 14.4. The Morgan fingerprint density at radius 2 is 1.80 bits per heavy atom. The van der Waals surface area contributed by atoms with Gasteiger partial charge in [-0.15, -0.1) is 12.3 Å². The standard InChI is InChI=1S/C16H14N2O2/c1-2-6-16(17-14-7-4-3-5-8-14)13-9-11-15(12-10-13)18(19)20/h1,3-5,7-12,16-17H,6H2. The van der Waals surface area contributed by atoms with Gasteiger partial charge in [0, 0.05) is 24.2 Å². The lowest BCUT2D eigenvalue weighted by Gasteiger charge is -2.18. The van der Waals surface area contributed by atoms with Gasteiger partial charge in [0.15, 0.2) is 0 Å². The summed E-state index contributed by atoms with van der Waals surface area (Å²) in [5, 5.41) is 14.0. The number of nitro groups is 1. The zero-order valence-electron chi connectivity index (χ0n) is 10.8. The first-order valence-corrected chi connectivity index (χ1v) is 6.20. The van der Waals surface area contributed by atoms with Crippen molar-refractivity contribution in [2.75, 3.05) is 5.32 Å². The maximum Gasteiger partial charge on any atom is 0.269 e. The van der Waals surface area contributed by atoms with Crippen LogP contribution in [-0.4, -0.2) is 4.92 Å². The topological polar surface area (TPSA) is 55.2 Å². The average molecular weight is 266 g/mol. The molecule has 0 spiro atoms. The van der Waals surface area contributed by atoms with Crippen LogP contribution in [-0.2, 0) is 0 Å². The third-order valence-electron chi connectivity index (χ3n) is 2.94. The summed E-state index contributed by atoms with van der Waals surface area (Å²) in [5.74, 6) is 2.63. The van der Waals surface area contributed by atoms with Crippen LogP contribution in [0.4, 0.5) is 11.4 Å². The van der Waals surface area contributed by atoms with Gasteiger partial charge in [0.2, 0.25) is 0 Å². The average Bonchev–Trinajstić information content (AvgIpc) is 2.48. The number of nitrogens with zero attached hydrogens (tertiary/aromatic N) is 1. The highest BCUT2D eigenvalue weighted by atomic mass is 16.6. The summed E-state index contributed by atoms with van der Waals surface area (Å²) >= 11 is 0. The van der Waals surface area contributed by atoms with Crippen LogP contribution in [0.1, 0.15) is 18.0 Å². The summed E-state index contributed by atoms with van der Waals surface area (Å²) in [5.41, 5.74) is 1.97. The van der Waals surface area contributed by atoms with E-state index in [1.54, 1.807) is 12.1 Å². The number of para-hydroxylation sites is 1. The highest BCUT2D eigenvalue weighted by Crippen LogP contribution is 2.24. The smallest absolute Gasteiger partial charge is 0.269 e. The number of terminal acetylenes is 1. The van der Waals surface area contributed by atoms with Crippen LogP contribution >= 0.6 is 0 Å². The molecular formula is C16H14N2O2. The van der Waals surface area contributed by atoms with E-state index in [1.165, 1.54) is 12.1 Å². The largest absolute Gasteiger partial charge is 0.377 e. The van der Waals surface area contributed by atoms with Gasteiger partial charge in [-0.2, -0.15) is 0 Å². The van der Waals surface area contributed by atoms with Crippen LogP contribution in [0.2, 0.25) is 0 Å². The fourth-order valence-electron chi connectivity index (χ4n) is 1.93. The minimum atomic E-state index is -0.412. The second-order valence-electron chi connectivity index (χ2n) is 4.32. The number of rotatable bonds is 5. The first kappa shape index (κ1) is 13.6. The highest BCUT2D eigenvalue weighted by Gasteiger charge is 2.12. The highest BCUT2D eigenvalue weighted by molar-refractivity contribution is 5.46. The molecule has 0 fully saturated rings. The van der Waals surface area contributed by atoms with Crippen molar-refractivity contribution < 1.29 is 4.92 Å². The van der Waals surface area contributed by atoms with Crippen LogP contribution in [0.25, 0.3) is 0 Å². The molecule has 0 saturated heterocycles. The van der Waals surface area contributed by atoms with Crippen LogP contribution in [0.15, 0.2) is 54.6 Å². The van der Waals surface area contributed by atoms with E-state index >= 15 is 0 Å². The molecule has 0 heterocycles. The van der Waals surface area contributed by atoms with Crippen molar-refractivity contribution in [1.29, 1.82) is 0 Å². The Kier molecular flexibility index (Phi) is 4.35. The van der Waals surface area contributed by atoms with Crippen molar-refractivity contribution in [3.63, 3.8) is 0 Å². The summed E-state index contributed by atoms with van der Waals surface area (Å²) in [6.45, 7) is 0. The van der Waals surface area contributed by atoms with E-state index in [1.807, 2.05) is 30.3 Å². The van der Waals surface area contributed by atoms with Gasteiger partial charge in [-0.05, 0) is 17.7 Å². The predicted octanol–water partition coefficient (Wildman–Crippen LogP) is 3.77. The molecule has 0 bridgehead atoms. The van der Waals surface area contributed by atoms with Crippen LogP contribution in [0, 0.1) is 22.5 Å². The Morgan fingerprint density at radius 1 is 1.15 bits per heavy atom. The van der Waals surface area contributed by atoms with E-state index in [-0.39, 0.29) is 11.7 Å². The normalized spacial score (nSPS) is 11.3. The second-order valence-corrected chi connectivity index (χ2v) is 4.32. The lowest BCUT2D eigenvalue weighted by molar-refractivity contribution is -0.384. The molecule has 4 nitrogen and oxygen atoms in total. The molecule has 0 amide bonds. The molecule has 20 heavy (non-hydrogen) atoms. The lowest BCUT2D eigenvalue weighted by atomic mass is 10.0. The molecule has 1 N–H and O–H groups in total. The minimum Gasteiger partial charge on any atom is -0.377 e. The fourth-order valence-corrected chi connectivity index (χ4v) is 1.93. The molecule has 4 heteroatoms. The fraction of sp³-hybridized carbons (Fsp3) is 0.125. The number of hydrogen-bond acceptors (Lipinski definition) is 3. The maximum atomic E-state index is 10.7. The van der Waals surface area contributed by atoms with Crippen molar-refractivity contribution in [1.82, 2.24) is 0 Å². The molecule has 1 unspecified atom stereocenters. The third-order valence-corrected chi connectivity index (χ3v) is 2.94. The molecule has 0 radical (unpaired) electrons. The summed E-state index contributed by atoms with van der Waals surface area (Å²) in [4.78, 5) is 10.2. The van der Waals surface area contributed by atoms with Crippen LogP contribution in [0.3, 0.4) is 0 Å². The Morgan fingerprint density at radius 3 is 2.35 bits per heavy atom. The van der Waals surface area contributed by atoms with Crippen molar-refractivity contribution in [2.24, 2.45) is 0 Å². The Balaban J connectivity index is 2.20. The Bertz CT molecular complexity index is 615. The van der Waals surface area contributed by atoms with Crippen molar-refractivity contribution in [3.05, 3.63) is 70.3 Å². The number of hydrogen-bond donors (Lipinski definition) is 1. The van der Waals surface area contributed by atoms with Gasteiger partial charge < -0.3 is 5.32 Å². The SMILES string of the molecule is C#CCC(Nc1ccccc1)c1ccc([N+](=O)[O-])cc1. The van der Waals surface area contributed by atoms with E-state index in [0.717, 1.165) is 11.3 Å². The summed E-state index contributed by atoms with van der Waals surface area (Å²) in [6, 6.07) is 16.1. The summed E-state index contributed by atoms with van der Waals surface area (Å²) in [7, 11) is 0. The van der Waals surface area contributed by atoms with Gasteiger partial charge >= 0.3 is 0 Å². The second kappa shape index (κ2) is 6.39. The van der Waals surface area contributed by atoms with E-state index in [0.29, 0.717) is 6.42 Å². The molecule has 0 aliphatic rings. The van der Waals surface area contributed by atoms with E-state index in [9.17, 15) is 10.1 Å². The first-order valence-electron chi connectivity index (χ1n) is 6.20. The first-order chi connectivity index (χ1) is 9.70. The zero-order valence-corrected chi connectivity index (χ0v) is 10.8. The van der Waals surface area contributed by atoms with Crippen LogP contribution < -0.4 is 5.32 Å². The van der Waals surface area contributed by atoms with Crippen molar-refractivity contribution in [2.45, 2.75) is 12.5 Å².